The molecule has 0 bridgehead atoms. The predicted octanol–water partition coefficient (Wildman–Crippen LogP) is 3.51. The summed E-state index contributed by atoms with van der Waals surface area (Å²) in [5, 5.41) is 2.96. The highest BCUT2D eigenvalue weighted by atomic mass is 35.5. The number of hydrogen-bond donors (Lipinski definition) is 2. The van der Waals surface area contributed by atoms with E-state index >= 15 is 0 Å². The number of nitrogens with one attached hydrogen (secondary N) is 1. The molecule has 0 fully saturated rings. The number of nitrogens with two attached hydrogens (primary N) is 1. The molecule has 2 atom stereocenters. The lowest BCUT2D eigenvalue weighted by Crippen LogP contribution is -2.31. The lowest BCUT2D eigenvalue weighted by molar-refractivity contribution is -0.122. The standard InChI is InChI=1S/C17H21N3O.2ClH/c1-12(18)11-17(21)20-13(2)14-3-5-15(6-4-14)16-7-9-19-10-8-16;;/h3-10,12-13H,11,18H2,1-2H3,(H,20,21);2*1H. The number of carbonyl (C=O) groups is 1. The Morgan fingerprint density at radius 3 is 2.09 bits per heavy atom. The molecule has 0 saturated carbocycles. The Morgan fingerprint density at radius 1 is 1.04 bits per heavy atom. The van der Waals surface area contributed by atoms with E-state index in [9.17, 15) is 4.79 Å². The minimum Gasteiger partial charge on any atom is -0.350 e. The van der Waals surface area contributed by atoms with Crippen molar-refractivity contribution in [2.24, 2.45) is 5.73 Å². The van der Waals surface area contributed by atoms with Crippen molar-refractivity contribution >= 4 is 30.7 Å². The fourth-order valence-electron chi connectivity index (χ4n) is 2.18. The van der Waals surface area contributed by atoms with E-state index in [2.05, 4.69) is 22.4 Å². The van der Waals surface area contributed by atoms with Crippen LogP contribution in [0.15, 0.2) is 48.8 Å². The highest BCUT2D eigenvalue weighted by molar-refractivity contribution is 5.85. The molecular formula is C17H23Cl2N3O. The van der Waals surface area contributed by atoms with Crippen LogP contribution in [0.1, 0.15) is 31.9 Å². The number of carbonyl (C=O) groups excluding carboxylic acids is 1. The summed E-state index contributed by atoms with van der Waals surface area (Å²) in [6, 6.07) is 12.0. The van der Waals surface area contributed by atoms with Gasteiger partial charge in [-0.3, -0.25) is 9.78 Å². The summed E-state index contributed by atoms with van der Waals surface area (Å²) in [5.41, 5.74) is 8.97. The van der Waals surface area contributed by atoms with Crippen molar-refractivity contribution in [2.75, 3.05) is 0 Å². The molecular weight excluding hydrogens is 333 g/mol. The SMILES string of the molecule is CC(N)CC(=O)NC(C)c1ccc(-c2ccncc2)cc1.Cl.Cl. The number of halogens is 2. The average Bonchev–Trinajstić information content (AvgIpc) is 2.47. The Balaban J connectivity index is 0.00000242. The molecule has 23 heavy (non-hydrogen) atoms. The Bertz CT molecular complexity index is 589. The maximum absolute atomic E-state index is 11.7. The minimum atomic E-state index is -0.119. The second kappa shape index (κ2) is 10.2. The van der Waals surface area contributed by atoms with Crippen LogP contribution in [-0.4, -0.2) is 16.9 Å². The predicted molar refractivity (Wildman–Crippen MR) is 99.0 cm³/mol. The van der Waals surface area contributed by atoms with Gasteiger partial charge >= 0.3 is 0 Å². The van der Waals surface area contributed by atoms with Gasteiger partial charge in [-0.05, 0) is 42.7 Å². The molecule has 0 aliphatic carbocycles. The van der Waals surface area contributed by atoms with Gasteiger partial charge in [0.25, 0.3) is 0 Å². The second-order valence-electron chi connectivity index (χ2n) is 5.33. The number of rotatable bonds is 5. The first-order chi connectivity index (χ1) is 10.1. The van der Waals surface area contributed by atoms with E-state index in [1.165, 1.54) is 0 Å². The zero-order valence-electron chi connectivity index (χ0n) is 13.2. The minimum absolute atomic E-state index is 0. The van der Waals surface area contributed by atoms with Gasteiger partial charge in [0.15, 0.2) is 0 Å². The van der Waals surface area contributed by atoms with Gasteiger partial charge in [-0.25, -0.2) is 0 Å². The summed E-state index contributed by atoms with van der Waals surface area (Å²) in [6.45, 7) is 3.80. The number of nitrogens with zero attached hydrogens (tertiary/aromatic N) is 1. The summed E-state index contributed by atoms with van der Waals surface area (Å²) in [5.74, 6) is -0.0179. The quantitative estimate of drug-likeness (QED) is 0.862. The van der Waals surface area contributed by atoms with Gasteiger partial charge in [0.05, 0.1) is 6.04 Å². The number of amides is 1. The van der Waals surface area contributed by atoms with Gasteiger partial charge in [0.2, 0.25) is 5.91 Å². The molecule has 1 aromatic carbocycles. The first kappa shape index (κ1) is 21.4. The van der Waals surface area contributed by atoms with Crippen molar-refractivity contribution in [2.45, 2.75) is 32.4 Å². The van der Waals surface area contributed by atoms with E-state index in [1.807, 2.05) is 38.1 Å². The second-order valence-corrected chi connectivity index (χ2v) is 5.33. The molecule has 0 radical (unpaired) electrons. The van der Waals surface area contributed by atoms with Crippen LogP contribution in [-0.2, 0) is 4.79 Å². The lowest BCUT2D eigenvalue weighted by Gasteiger charge is -2.15. The zero-order valence-corrected chi connectivity index (χ0v) is 14.9. The van der Waals surface area contributed by atoms with E-state index in [-0.39, 0.29) is 42.8 Å². The van der Waals surface area contributed by atoms with Crippen molar-refractivity contribution < 1.29 is 4.79 Å². The molecule has 1 aromatic heterocycles. The molecule has 0 aliphatic heterocycles. The Kier molecular flexibility index (Phi) is 9.49. The van der Waals surface area contributed by atoms with Crippen molar-refractivity contribution in [3.63, 3.8) is 0 Å². The van der Waals surface area contributed by atoms with Gasteiger partial charge in [0, 0.05) is 24.9 Å². The van der Waals surface area contributed by atoms with Crippen LogP contribution in [0.4, 0.5) is 0 Å². The molecule has 0 spiro atoms. The molecule has 3 N–H and O–H groups in total. The van der Waals surface area contributed by atoms with Crippen LogP contribution in [0.2, 0.25) is 0 Å². The monoisotopic (exact) mass is 355 g/mol. The average molecular weight is 356 g/mol. The first-order valence-corrected chi connectivity index (χ1v) is 7.11. The highest BCUT2D eigenvalue weighted by Crippen LogP contribution is 2.21. The summed E-state index contributed by atoms with van der Waals surface area (Å²) in [7, 11) is 0. The van der Waals surface area contributed by atoms with Gasteiger partial charge in [-0.15, -0.1) is 24.8 Å². The van der Waals surface area contributed by atoms with Crippen molar-refractivity contribution in [1.82, 2.24) is 10.3 Å². The molecule has 4 nitrogen and oxygen atoms in total. The lowest BCUT2D eigenvalue weighted by atomic mass is 10.0. The maximum atomic E-state index is 11.7. The summed E-state index contributed by atoms with van der Waals surface area (Å²) in [4.78, 5) is 15.7. The maximum Gasteiger partial charge on any atom is 0.222 e. The Hall–Kier alpha value is -1.62. The molecule has 126 valence electrons. The van der Waals surface area contributed by atoms with E-state index < -0.39 is 0 Å². The largest absolute Gasteiger partial charge is 0.350 e. The van der Waals surface area contributed by atoms with Crippen molar-refractivity contribution in [1.29, 1.82) is 0 Å². The van der Waals surface area contributed by atoms with Crippen molar-refractivity contribution in [3.8, 4) is 11.1 Å². The summed E-state index contributed by atoms with van der Waals surface area (Å²) in [6.07, 6.45) is 3.90. The van der Waals surface area contributed by atoms with Crippen LogP contribution in [0.5, 0.6) is 0 Å². The van der Waals surface area contributed by atoms with Crippen LogP contribution in [0.25, 0.3) is 11.1 Å². The van der Waals surface area contributed by atoms with E-state index in [4.69, 9.17) is 5.73 Å². The Labute approximate surface area is 149 Å². The van der Waals surface area contributed by atoms with E-state index in [0.29, 0.717) is 6.42 Å². The van der Waals surface area contributed by atoms with Gasteiger partial charge < -0.3 is 11.1 Å². The number of pyridine rings is 1. The number of hydrogen-bond acceptors (Lipinski definition) is 3. The third-order valence-electron chi connectivity index (χ3n) is 3.31. The third kappa shape index (κ3) is 6.57. The highest BCUT2D eigenvalue weighted by Gasteiger charge is 2.11. The summed E-state index contributed by atoms with van der Waals surface area (Å²) >= 11 is 0. The normalized spacial score (nSPS) is 12.3. The fraction of sp³-hybridized carbons (Fsp3) is 0.294. The molecule has 2 unspecified atom stereocenters. The van der Waals surface area contributed by atoms with Gasteiger partial charge in [-0.2, -0.15) is 0 Å². The molecule has 1 amide bonds. The summed E-state index contributed by atoms with van der Waals surface area (Å²) < 4.78 is 0. The van der Waals surface area contributed by atoms with Crippen LogP contribution >= 0.6 is 24.8 Å². The van der Waals surface area contributed by atoms with Crippen LogP contribution in [0, 0.1) is 0 Å². The first-order valence-electron chi connectivity index (χ1n) is 7.11. The Morgan fingerprint density at radius 2 is 1.57 bits per heavy atom. The third-order valence-corrected chi connectivity index (χ3v) is 3.31. The van der Waals surface area contributed by atoms with Crippen LogP contribution in [0.3, 0.4) is 0 Å². The molecule has 0 saturated heterocycles. The number of benzene rings is 1. The van der Waals surface area contributed by atoms with Gasteiger partial charge in [0.1, 0.15) is 0 Å². The van der Waals surface area contributed by atoms with Crippen LogP contribution < -0.4 is 11.1 Å². The molecule has 1 heterocycles. The topological polar surface area (TPSA) is 68.0 Å². The van der Waals surface area contributed by atoms with Crippen molar-refractivity contribution in [3.05, 3.63) is 54.4 Å². The molecule has 2 aromatic rings. The molecule has 6 heteroatoms. The molecule has 0 aliphatic rings. The fourth-order valence-corrected chi connectivity index (χ4v) is 2.18. The number of aromatic nitrogens is 1. The van der Waals surface area contributed by atoms with E-state index in [1.54, 1.807) is 12.4 Å². The smallest absolute Gasteiger partial charge is 0.222 e. The zero-order chi connectivity index (χ0) is 15.2. The van der Waals surface area contributed by atoms with E-state index in [0.717, 1.165) is 16.7 Å². The van der Waals surface area contributed by atoms with Gasteiger partial charge in [-0.1, -0.05) is 24.3 Å². The molecule has 2 rings (SSSR count).